The number of hydrogen-bond acceptors (Lipinski definition) is 4. The molecule has 1 aliphatic rings. The third kappa shape index (κ3) is 6.03. The van der Waals surface area contributed by atoms with Gasteiger partial charge in [0.1, 0.15) is 5.82 Å². The molecule has 6 nitrogen and oxygen atoms in total. The van der Waals surface area contributed by atoms with Crippen LogP contribution in [0.4, 0.5) is 0 Å². The van der Waals surface area contributed by atoms with Gasteiger partial charge in [-0.2, -0.15) is 9.59 Å². The quantitative estimate of drug-likeness (QED) is 0.239. The van der Waals surface area contributed by atoms with Gasteiger partial charge in [-0.3, -0.25) is 4.79 Å². The van der Waals surface area contributed by atoms with E-state index in [0.29, 0.717) is 11.5 Å². The van der Waals surface area contributed by atoms with Crippen molar-refractivity contribution in [2.45, 2.75) is 51.6 Å². The predicted octanol–water partition coefficient (Wildman–Crippen LogP) is 7.02. The number of aryl methyl sites for hydroxylation is 1. The molecule has 6 heteroatoms. The highest BCUT2D eigenvalue weighted by atomic mass is 16.2. The number of carbonyl (C=O) groups is 1. The maximum Gasteiger partial charge on any atom is 0.373 e. The number of aromatic nitrogens is 2. The van der Waals surface area contributed by atoms with E-state index in [0.717, 1.165) is 36.2 Å². The van der Waals surface area contributed by atoms with Gasteiger partial charge in [0.2, 0.25) is 0 Å². The average Bonchev–Trinajstić information content (AvgIpc) is 3.71. The molecule has 0 unspecified atom stereocenters. The molecule has 206 valence electrons. The van der Waals surface area contributed by atoms with E-state index in [2.05, 4.69) is 96.5 Å². The lowest BCUT2D eigenvalue weighted by atomic mass is 9.96. The minimum absolute atomic E-state index is 0.0388. The predicted molar refractivity (Wildman–Crippen MR) is 159 cm³/mol. The normalized spacial score (nSPS) is 13.3. The third-order valence-electron chi connectivity index (χ3n) is 7.81. The Morgan fingerprint density at radius 3 is 2.24 bits per heavy atom. The first-order chi connectivity index (χ1) is 19.8. The largest absolute Gasteiger partial charge is 0.373 e. The topological polar surface area (TPSA) is 81.1 Å². The molecule has 1 amide bonds. The van der Waals surface area contributed by atoms with Crippen LogP contribution in [0.3, 0.4) is 0 Å². The first kappa shape index (κ1) is 27.8. The lowest BCUT2D eigenvalue weighted by molar-refractivity contribution is -0.191. The molecule has 0 aliphatic heterocycles. The molecule has 6 rings (SSSR count). The van der Waals surface area contributed by atoms with Crippen molar-refractivity contribution in [3.05, 3.63) is 125 Å². The van der Waals surface area contributed by atoms with Gasteiger partial charge in [0, 0.05) is 12.1 Å². The minimum Gasteiger partial charge on any atom is -0.343 e. The molecule has 41 heavy (non-hydrogen) atoms. The second-order valence-corrected chi connectivity index (χ2v) is 10.9. The van der Waals surface area contributed by atoms with E-state index in [4.69, 9.17) is 14.6 Å². The highest BCUT2D eigenvalue weighted by molar-refractivity contribution is 5.98. The summed E-state index contributed by atoms with van der Waals surface area (Å²) < 4.78 is 2.22. The Kier molecular flexibility index (Phi) is 7.95. The molecule has 1 saturated carbocycles. The van der Waals surface area contributed by atoms with Crippen LogP contribution in [-0.2, 0) is 21.7 Å². The van der Waals surface area contributed by atoms with Crippen molar-refractivity contribution < 1.29 is 14.4 Å². The van der Waals surface area contributed by atoms with E-state index in [9.17, 15) is 4.79 Å². The van der Waals surface area contributed by atoms with Crippen molar-refractivity contribution in [2.75, 3.05) is 0 Å². The Bertz CT molecular complexity index is 1710. The number of hydrogen-bond donors (Lipinski definition) is 1. The fourth-order valence-electron chi connectivity index (χ4n) is 5.30. The molecule has 0 saturated heterocycles. The summed E-state index contributed by atoms with van der Waals surface area (Å²) in [5.41, 5.74) is 8.44. The van der Waals surface area contributed by atoms with Gasteiger partial charge in [-0.05, 0) is 71.7 Å². The summed E-state index contributed by atoms with van der Waals surface area (Å²) in [7, 11) is 0. The highest BCUT2D eigenvalue weighted by Gasteiger charge is 2.45. The van der Waals surface area contributed by atoms with Crippen LogP contribution < -0.4 is 5.32 Å². The maximum absolute atomic E-state index is 13.3. The summed E-state index contributed by atoms with van der Waals surface area (Å²) in [6, 6.07) is 33.7. The zero-order valence-corrected chi connectivity index (χ0v) is 23.6. The lowest BCUT2D eigenvalue weighted by Crippen LogP contribution is -2.34. The second kappa shape index (κ2) is 11.7. The lowest BCUT2D eigenvalue weighted by Gasteiger charge is -2.20. The summed E-state index contributed by atoms with van der Waals surface area (Å²) in [6.07, 6.45) is 2.19. The van der Waals surface area contributed by atoms with Crippen LogP contribution in [-0.4, -0.2) is 21.6 Å². The smallest absolute Gasteiger partial charge is 0.343 e. The van der Waals surface area contributed by atoms with Crippen molar-refractivity contribution in [1.82, 2.24) is 14.9 Å². The molecule has 0 atom stereocenters. The summed E-state index contributed by atoms with van der Waals surface area (Å²) in [6.45, 7) is 7.16. The Morgan fingerprint density at radius 2 is 1.59 bits per heavy atom. The molecule has 1 aliphatic carbocycles. The molecular formula is C35H33N3O3. The van der Waals surface area contributed by atoms with Crippen LogP contribution in [0.25, 0.3) is 22.2 Å². The van der Waals surface area contributed by atoms with E-state index >= 15 is 0 Å². The second-order valence-electron chi connectivity index (χ2n) is 10.9. The first-order valence-electron chi connectivity index (χ1n) is 13.9. The summed E-state index contributed by atoms with van der Waals surface area (Å²) >= 11 is 0. The fourth-order valence-corrected chi connectivity index (χ4v) is 5.30. The van der Waals surface area contributed by atoms with Gasteiger partial charge < -0.3 is 9.88 Å². The van der Waals surface area contributed by atoms with Crippen LogP contribution in [0.5, 0.6) is 0 Å². The van der Waals surface area contributed by atoms with Crippen molar-refractivity contribution in [1.29, 1.82) is 0 Å². The molecule has 0 bridgehead atoms. The number of amides is 1. The van der Waals surface area contributed by atoms with E-state index in [1.165, 1.54) is 27.8 Å². The van der Waals surface area contributed by atoms with Gasteiger partial charge >= 0.3 is 6.15 Å². The highest BCUT2D eigenvalue weighted by Crippen LogP contribution is 2.46. The van der Waals surface area contributed by atoms with E-state index < -0.39 is 0 Å². The third-order valence-corrected chi connectivity index (χ3v) is 7.81. The number of carbonyl (C=O) groups excluding carboxylic acids is 3. The minimum atomic E-state index is -0.252. The molecular weight excluding hydrogens is 510 g/mol. The molecule has 1 aromatic heterocycles. The van der Waals surface area contributed by atoms with Crippen LogP contribution >= 0.6 is 0 Å². The van der Waals surface area contributed by atoms with Crippen molar-refractivity contribution in [2.24, 2.45) is 0 Å². The van der Waals surface area contributed by atoms with Crippen LogP contribution in [0.2, 0.25) is 0 Å². The molecule has 4 aromatic carbocycles. The van der Waals surface area contributed by atoms with E-state index in [-0.39, 0.29) is 17.6 Å². The average molecular weight is 544 g/mol. The van der Waals surface area contributed by atoms with Gasteiger partial charge in [0.25, 0.3) is 5.91 Å². The summed E-state index contributed by atoms with van der Waals surface area (Å²) in [5.74, 6) is 1.36. The Morgan fingerprint density at radius 1 is 0.902 bits per heavy atom. The molecule has 1 fully saturated rings. The maximum atomic E-state index is 13.3. The van der Waals surface area contributed by atoms with E-state index in [1.54, 1.807) is 0 Å². The molecule has 0 spiro atoms. The van der Waals surface area contributed by atoms with Gasteiger partial charge in [0.15, 0.2) is 0 Å². The monoisotopic (exact) mass is 543 g/mol. The number of rotatable bonds is 7. The zero-order chi connectivity index (χ0) is 29.0. The van der Waals surface area contributed by atoms with Crippen molar-refractivity contribution >= 4 is 23.1 Å². The van der Waals surface area contributed by atoms with E-state index in [1.807, 2.05) is 31.2 Å². The number of fused-ring (bicyclic) bond motifs is 1. The van der Waals surface area contributed by atoms with Gasteiger partial charge in [-0.25, -0.2) is 4.98 Å². The standard InChI is InChI=1S/C34H33N3O.CO2/c1-23(2)28-10-7-11-30(20-28)34(18-19-34)36-33(38)29-16-17-32-31(21-29)35-24(3)37(32)22-25-12-14-27(15-13-25)26-8-5-4-6-9-26;2-1-3/h4-17,20-21,23H,18-19,22H2,1-3H3,(H,36,38);. The fraction of sp³-hybridized carbons (Fsp3) is 0.229. The number of nitrogens with one attached hydrogen (secondary N) is 1. The van der Waals surface area contributed by atoms with Crippen molar-refractivity contribution in [3.63, 3.8) is 0 Å². The zero-order valence-electron chi connectivity index (χ0n) is 23.6. The first-order valence-corrected chi connectivity index (χ1v) is 13.9. The SMILES string of the molecule is Cc1nc2cc(C(=O)NC3(c4cccc(C(C)C)c4)CC3)ccc2n1Cc1ccc(-c2ccccc2)cc1.O=C=O. The van der Waals surface area contributed by atoms with Crippen LogP contribution in [0.1, 0.15) is 65.5 Å². The molecule has 1 heterocycles. The summed E-state index contributed by atoms with van der Waals surface area (Å²) in [5, 5.41) is 3.34. The van der Waals surface area contributed by atoms with Crippen LogP contribution in [0.15, 0.2) is 97.1 Å². The summed E-state index contributed by atoms with van der Waals surface area (Å²) in [4.78, 5) is 34.4. The number of benzene rings is 4. The number of imidazole rings is 1. The molecule has 5 aromatic rings. The van der Waals surface area contributed by atoms with Gasteiger partial charge in [0.05, 0.1) is 16.6 Å². The molecule has 1 N–H and O–H groups in total. The molecule has 0 radical (unpaired) electrons. The Hall–Kier alpha value is -4.80. The Labute approximate surface area is 240 Å². The number of nitrogens with zero attached hydrogens (tertiary/aromatic N) is 2. The Balaban J connectivity index is 0.00000108. The van der Waals surface area contributed by atoms with Crippen molar-refractivity contribution in [3.8, 4) is 11.1 Å². The van der Waals surface area contributed by atoms with Gasteiger partial charge in [-0.15, -0.1) is 0 Å². The van der Waals surface area contributed by atoms with Gasteiger partial charge in [-0.1, -0.05) is 92.7 Å². The van der Waals surface area contributed by atoms with Crippen LogP contribution in [0, 0.1) is 6.92 Å².